The first-order chi connectivity index (χ1) is 18.9. The highest BCUT2D eigenvalue weighted by molar-refractivity contribution is 6.03. The number of rotatable bonds is 5. The summed E-state index contributed by atoms with van der Waals surface area (Å²) in [7, 11) is 0. The first-order valence-electron chi connectivity index (χ1n) is 15.3. The van der Waals surface area contributed by atoms with Crippen LogP contribution in [-0.2, 0) is 19.1 Å². The van der Waals surface area contributed by atoms with Gasteiger partial charge in [0.25, 0.3) is 0 Å². The maximum atomic E-state index is 14.4. The lowest BCUT2D eigenvalue weighted by atomic mass is 9.74. The fraction of sp³-hybridized carbons (Fsp3) is 0.656. The number of hydrogen-bond donors (Lipinski definition) is 2. The molecule has 4 fully saturated rings. The van der Waals surface area contributed by atoms with E-state index < -0.39 is 29.6 Å². The quantitative estimate of drug-likeness (QED) is 0.524. The minimum absolute atomic E-state index is 0.000866. The molecule has 3 aliphatic heterocycles. The number of ether oxygens (including phenoxy) is 1. The summed E-state index contributed by atoms with van der Waals surface area (Å²) >= 11 is 0. The van der Waals surface area contributed by atoms with Crippen LogP contribution in [0.4, 0.5) is 5.69 Å². The molecule has 2 saturated carbocycles. The first-order valence-corrected chi connectivity index (χ1v) is 15.3. The summed E-state index contributed by atoms with van der Waals surface area (Å²) in [5, 5.41) is 6.40. The van der Waals surface area contributed by atoms with Gasteiger partial charge in [0, 0.05) is 17.8 Å². The van der Waals surface area contributed by atoms with Gasteiger partial charge in [0.05, 0.1) is 17.9 Å². The molecule has 1 aromatic carbocycles. The molecular weight excluding hydrogens is 490 g/mol. The van der Waals surface area contributed by atoms with Crippen molar-refractivity contribution in [3.8, 4) is 0 Å². The van der Waals surface area contributed by atoms with Gasteiger partial charge in [-0.1, -0.05) is 69.6 Å². The van der Waals surface area contributed by atoms with Crippen molar-refractivity contribution in [3.05, 3.63) is 41.5 Å². The highest BCUT2D eigenvalue weighted by Crippen LogP contribution is 2.56. The summed E-state index contributed by atoms with van der Waals surface area (Å²) in [6.07, 6.45) is 16.2. The number of nitrogens with one attached hydrogen (secondary N) is 2. The molecule has 7 nitrogen and oxygen atoms in total. The number of anilines is 1. The Morgan fingerprint density at radius 3 is 2.18 bits per heavy atom. The van der Waals surface area contributed by atoms with Gasteiger partial charge in [0.1, 0.15) is 11.6 Å². The number of carbonyl (C=O) groups is 3. The molecule has 2 N–H and O–H groups in total. The van der Waals surface area contributed by atoms with Crippen LogP contribution in [0.25, 0.3) is 0 Å². The van der Waals surface area contributed by atoms with Gasteiger partial charge in [0.2, 0.25) is 17.7 Å². The van der Waals surface area contributed by atoms with Crippen molar-refractivity contribution in [1.82, 2.24) is 10.2 Å². The standard InChI is InChI=1S/C32H43N3O4/c1-20-17-21(2)19-23(18-20)34-29(36)26-25-15-16-32(39-25)27(26)31(38)35(24-13-9-4-3-5-10-14-24)28(32)30(37)33-22-11-7-6-8-12-22/h15-19,22,24-28H,3-14H2,1-2H3,(H,33,37)(H,34,36). The average Bonchev–Trinajstić information content (AvgIpc) is 3.51. The molecule has 0 aromatic heterocycles. The highest BCUT2D eigenvalue weighted by Gasteiger charge is 2.73. The van der Waals surface area contributed by atoms with Crippen molar-refractivity contribution >= 4 is 23.4 Å². The second kappa shape index (κ2) is 10.7. The van der Waals surface area contributed by atoms with E-state index in [4.69, 9.17) is 4.74 Å². The van der Waals surface area contributed by atoms with Crippen molar-refractivity contribution in [2.75, 3.05) is 5.32 Å². The van der Waals surface area contributed by atoms with Gasteiger partial charge in [-0.3, -0.25) is 14.4 Å². The summed E-state index contributed by atoms with van der Waals surface area (Å²) in [5.41, 5.74) is 1.77. The Labute approximate surface area is 232 Å². The number of aryl methyl sites for hydroxylation is 2. The Kier molecular flexibility index (Phi) is 7.30. The third kappa shape index (κ3) is 4.81. The van der Waals surface area contributed by atoms with E-state index in [0.717, 1.165) is 81.0 Å². The van der Waals surface area contributed by atoms with Crippen LogP contribution in [0.2, 0.25) is 0 Å². The molecule has 0 radical (unpaired) electrons. The largest absolute Gasteiger partial charge is 0.359 e. The molecule has 5 unspecified atom stereocenters. The molecule has 3 amide bonds. The van der Waals surface area contributed by atoms with Crippen molar-refractivity contribution in [2.45, 2.75) is 121 Å². The minimum atomic E-state index is -1.09. The summed E-state index contributed by atoms with van der Waals surface area (Å²) in [6.45, 7) is 4.01. The molecule has 1 spiro atoms. The zero-order valence-corrected chi connectivity index (χ0v) is 23.4. The van der Waals surface area contributed by atoms with Gasteiger partial charge < -0.3 is 20.3 Å². The van der Waals surface area contributed by atoms with Crippen LogP contribution in [0.5, 0.6) is 0 Å². The first kappa shape index (κ1) is 26.5. The van der Waals surface area contributed by atoms with Gasteiger partial charge in [-0.15, -0.1) is 0 Å². The Morgan fingerprint density at radius 2 is 1.49 bits per heavy atom. The monoisotopic (exact) mass is 533 g/mol. The van der Waals surface area contributed by atoms with Crippen molar-refractivity contribution in [1.29, 1.82) is 0 Å². The molecule has 1 aromatic rings. The van der Waals surface area contributed by atoms with E-state index in [0.29, 0.717) is 0 Å². The molecule has 2 aliphatic carbocycles. The maximum Gasteiger partial charge on any atom is 0.246 e. The predicted molar refractivity (Wildman–Crippen MR) is 150 cm³/mol. The number of hydrogen-bond acceptors (Lipinski definition) is 4. The number of likely N-dealkylation sites (tertiary alicyclic amines) is 1. The lowest BCUT2D eigenvalue weighted by Gasteiger charge is -2.38. The van der Waals surface area contributed by atoms with E-state index in [2.05, 4.69) is 16.7 Å². The summed E-state index contributed by atoms with van der Waals surface area (Å²) in [5.74, 6) is -1.75. The third-order valence-corrected chi connectivity index (χ3v) is 9.77. The molecule has 5 atom stereocenters. The molecule has 3 heterocycles. The summed E-state index contributed by atoms with van der Waals surface area (Å²) in [6, 6.07) is 5.37. The highest BCUT2D eigenvalue weighted by atomic mass is 16.5. The Morgan fingerprint density at radius 1 is 0.872 bits per heavy atom. The lowest BCUT2D eigenvalue weighted by molar-refractivity contribution is -0.144. The van der Waals surface area contributed by atoms with Gasteiger partial charge in [-0.2, -0.15) is 0 Å². The van der Waals surface area contributed by atoms with Crippen LogP contribution >= 0.6 is 0 Å². The molecule has 6 rings (SSSR count). The van der Waals surface area contributed by atoms with Gasteiger partial charge in [-0.25, -0.2) is 0 Å². The fourth-order valence-electron chi connectivity index (χ4n) is 8.11. The summed E-state index contributed by atoms with van der Waals surface area (Å²) < 4.78 is 6.58. The number of fused-ring (bicyclic) bond motifs is 1. The topological polar surface area (TPSA) is 87.7 Å². The lowest BCUT2D eigenvalue weighted by Crippen LogP contribution is -2.58. The van der Waals surface area contributed by atoms with Crippen LogP contribution in [0.1, 0.15) is 88.2 Å². The van der Waals surface area contributed by atoms with Gasteiger partial charge in [0.15, 0.2) is 0 Å². The van der Waals surface area contributed by atoms with Crippen LogP contribution < -0.4 is 10.6 Å². The third-order valence-electron chi connectivity index (χ3n) is 9.77. The predicted octanol–water partition coefficient (Wildman–Crippen LogP) is 4.95. The van der Waals surface area contributed by atoms with Crippen LogP contribution in [0.15, 0.2) is 30.4 Å². The Bertz CT molecular complexity index is 1130. The van der Waals surface area contributed by atoms with E-state index in [9.17, 15) is 14.4 Å². The van der Waals surface area contributed by atoms with Crippen LogP contribution in [-0.4, -0.2) is 52.5 Å². The number of benzene rings is 1. The van der Waals surface area contributed by atoms with E-state index in [1.165, 1.54) is 12.8 Å². The fourth-order valence-corrected chi connectivity index (χ4v) is 8.11. The molecule has 210 valence electrons. The maximum absolute atomic E-state index is 14.4. The van der Waals surface area contributed by atoms with Crippen molar-refractivity contribution < 1.29 is 19.1 Å². The average molecular weight is 534 g/mol. The smallest absolute Gasteiger partial charge is 0.246 e. The molecule has 5 aliphatic rings. The number of amides is 3. The van der Waals surface area contributed by atoms with E-state index in [1.807, 2.05) is 43.0 Å². The van der Waals surface area contributed by atoms with Crippen LogP contribution in [0.3, 0.4) is 0 Å². The zero-order valence-electron chi connectivity index (χ0n) is 23.4. The van der Waals surface area contributed by atoms with E-state index in [-0.39, 0.29) is 29.8 Å². The SMILES string of the molecule is Cc1cc(C)cc(NC(=O)C2C3C=CC4(O3)C2C(=O)N(C2CCCCCCC2)C4C(=O)NC2CCCCC2)c1. The minimum Gasteiger partial charge on any atom is -0.359 e. The molecule has 2 saturated heterocycles. The number of carbonyl (C=O) groups excluding carboxylic acids is 3. The molecule has 7 heteroatoms. The Balaban J connectivity index is 1.32. The number of nitrogens with zero attached hydrogens (tertiary/aromatic N) is 1. The molecule has 39 heavy (non-hydrogen) atoms. The van der Waals surface area contributed by atoms with E-state index in [1.54, 1.807) is 0 Å². The molecule has 2 bridgehead atoms. The normalized spacial score (nSPS) is 33.1. The van der Waals surface area contributed by atoms with Crippen molar-refractivity contribution in [3.63, 3.8) is 0 Å². The van der Waals surface area contributed by atoms with Gasteiger partial charge in [-0.05, 0) is 62.8 Å². The van der Waals surface area contributed by atoms with Crippen LogP contribution in [0, 0.1) is 25.7 Å². The second-order valence-electron chi connectivity index (χ2n) is 12.7. The molecular formula is C32H43N3O4. The van der Waals surface area contributed by atoms with Gasteiger partial charge >= 0.3 is 0 Å². The van der Waals surface area contributed by atoms with Crippen molar-refractivity contribution in [2.24, 2.45) is 11.8 Å². The summed E-state index contributed by atoms with van der Waals surface area (Å²) in [4.78, 5) is 44.2. The zero-order chi connectivity index (χ0) is 27.1. The Hall–Kier alpha value is -2.67. The second-order valence-corrected chi connectivity index (χ2v) is 12.7. The van der Waals surface area contributed by atoms with E-state index >= 15 is 0 Å².